The Morgan fingerprint density at radius 1 is 0.323 bits per heavy atom. The van der Waals surface area contributed by atoms with Gasteiger partial charge in [-0.3, -0.25) is 14.4 Å². The summed E-state index contributed by atoms with van der Waals surface area (Å²) >= 11 is 0. The summed E-state index contributed by atoms with van der Waals surface area (Å²) in [4.78, 5) is 38.0. The minimum absolute atomic E-state index is 0.0774. The van der Waals surface area contributed by atoms with Gasteiger partial charge in [0.25, 0.3) is 0 Å². The van der Waals surface area contributed by atoms with E-state index in [0.717, 1.165) is 96.3 Å². The molecule has 62 heavy (non-hydrogen) atoms. The monoisotopic (exact) mass is 871 g/mol. The van der Waals surface area contributed by atoms with Gasteiger partial charge in [0.2, 0.25) is 0 Å². The van der Waals surface area contributed by atoms with Crippen LogP contribution in [0, 0.1) is 0 Å². The van der Waals surface area contributed by atoms with Crippen molar-refractivity contribution in [3.05, 3.63) is 36.5 Å². The average molecular weight is 871 g/mol. The fourth-order valence-electron chi connectivity index (χ4n) is 7.77. The first-order valence-electron chi connectivity index (χ1n) is 27.0. The number of esters is 3. The molecular formula is C56H102O6. The van der Waals surface area contributed by atoms with Gasteiger partial charge in [-0.25, -0.2) is 0 Å². The SMILES string of the molecule is CCC/C=C\C/C=C\CCCCCCCC(=O)OC(COC(=O)CCCCCCC/C=C\CCCCCC)COC(=O)CCCCCCCCCCCCCCCCCCCC. The third-order valence-electron chi connectivity index (χ3n) is 11.8. The Morgan fingerprint density at radius 2 is 0.613 bits per heavy atom. The molecular weight excluding hydrogens is 769 g/mol. The normalized spacial score (nSPS) is 12.2. The number of allylic oxidation sites excluding steroid dienone is 6. The number of carbonyl (C=O) groups excluding carboxylic acids is 3. The molecule has 0 aromatic heterocycles. The average Bonchev–Trinajstić information content (AvgIpc) is 3.27. The van der Waals surface area contributed by atoms with Crippen LogP contribution in [0.15, 0.2) is 36.5 Å². The van der Waals surface area contributed by atoms with Crippen LogP contribution in [0.2, 0.25) is 0 Å². The second kappa shape index (κ2) is 51.3. The maximum atomic E-state index is 12.8. The zero-order valence-electron chi connectivity index (χ0n) is 41.4. The number of rotatable bonds is 49. The van der Waals surface area contributed by atoms with Crippen molar-refractivity contribution in [2.75, 3.05) is 13.2 Å². The summed E-state index contributed by atoms with van der Waals surface area (Å²) in [5.74, 6) is -0.889. The van der Waals surface area contributed by atoms with Gasteiger partial charge in [-0.05, 0) is 70.6 Å². The van der Waals surface area contributed by atoms with Crippen molar-refractivity contribution >= 4 is 17.9 Å². The second-order valence-electron chi connectivity index (χ2n) is 18.1. The summed E-state index contributed by atoms with van der Waals surface area (Å²) in [5.41, 5.74) is 0. The molecule has 0 N–H and O–H groups in total. The third kappa shape index (κ3) is 48.7. The lowest BCUT2D eigenvalue weighted by molar-refractivity contribution is -0.167. The molecule has 0 aliphatic rings. The van der Waals surface area contributed by atoms with Crippen molar-refractivity contribution in [2.45, 2.75) is 290 Å². The van der Waals surface area contributed by atoms with Gasteiger partial charge in [0, 0.05) is 19.3 Å². The van der Waals surface area contributed by atoms with Crippen LogP contribution in [-0.4, -0.2) is 37.2 Å². The molecule has 1 unspecified atom stereocenters. The van der Waals surface area contributed by atoms with E-state index in [1.165, 1.54) is 148 Å². The molecule has 0 aliphatic carbocycles. The zero-order valence-corrected chi connectivity index (χ0v) is 41.4. The van der Waals surface area contributed by atoms with E-state index in [1.807, 2.05) is 0 Å². The fourth-order valence-corrected chi connectivity index (χ4v) is 7.77. The van der Waals surface area contributed by atoms with Gasteiger partial charge < -0.3 is 14.2 Å². The molecule has 0 aromatic rings. The Kier molecular flexibility index (Phi) is 49.3. The van der Waals surface area contributed by atoms with Crippen LogP contribution in [0.3, 0.4) is 0 Å². The molecule has 0 fully saturated rings. The van der Waals surface area contributed by atoms with E-state index in [2.05, 4.69) is 57.2 Å². The van der Waals surface area contributed by atoms with E-state index in [1.54, 1.807) is 0 Å². The predicted molar refractivity (Wildman–Crippen MR) is 266 cm³/mol. The fraction of sp³-hybridized carbons (Fsp3) is 0.839. The van der Waals surface area contributed by atoms with Crippen LogP contribution in [0.5, 0.6) is 0 Å². The number of carbonyl (C=O) groups is 3. The smallest absolute Gasteiger partial charge is 0.306 e. The summed E-state index contributed by atoms with van der Waals surface area (Å²) in [6.07, 6.45) is 59.9. The molecule has 0 spiro atoms. The molecule has 0 radical (unpaired) electrons. The highest BCUT2D eigenvalue weighted by molar-refractivity contribution is 5.71. The first-order valence-corrected chi connectivity index (χ1v) is 27.0. The topological polar surface area (TPSA) is 78.9 Å². The minimum atomic E-state index is -0.779. The summed E-state index contributed by atoms with van der Waals surface area (Å²) in [5, 5.41) is 0. The second-order valence-corrected chi connectivity index (χ2v) is 18.1. The lowest BCUT2D eigenvalue weighted by atomic mass is 10.0. The van der Waals surface area contributed by atoms with E-state index in [9.17, 15) is 14.4 Å². The highest BCUT2D eigenvalue weighted by Crippen LogP contribution is 2.16. The number of unbranched alkanes of at least 4 members (excludes halogenated alkanes) is 32. The highest BCUT2D eigenvalue weighted by Gasteiger charge is 2.19. The zero-order chi connectivity index (χ0) is 45.1. The first kappa shape index (κ1) is 59.6. The van der Waals surface area contributed by atoms with Crippen molar-refractivity contribution in [1.82, 2.24) is 0 Å². The highest BCUT2D eigenvalue weighted by atomic mass is 16.6. The van der Waals surface area contributed by atoms with Crippen molar-refractivity contribution in [3.8, 4) is 0 Å². The van der Waals surface area contributed by atoms with E-state index in [0.29, 0.717) is 19.3 Å². The summed E-state index contributed by atoms with van der Waals surface area (Å²) in [6.45, 7) is 6.57. The molecule has 362 valence electrons. The lowest BCUT2D eigenvalue weighted by Crippen LogP contribution is -2.30. The van der Waals surface area contributed by atoms with Gasteiger partial charge in [-0.2, -0.15) is 0 Å². The van der Waals surface area contributed by atoms with E-state index >= 15 is 0 Å². The van der Waals surface area contributed by atoms with Gasteiger partial charge in [0.1, 0.15) is 13.2 Å². The predicted octanol–water partition coefficient (Wildman–Crippen LogP) is 17.7. The summed E-state index contributed by atoms with van der Waals surface area (Å²) in [7, 11) is 0. The molecule has 6 heteroatoms. The summed E-state index contributed by atoms with van der Waals surface area (Å²) in [6, 6.07) is 0. The standard InChI is InChI=1S/C56H102O6/c1-4-7-10-13-16-19-22-25-26-27-28-29-32-34-37-40-43-46-49-55(58)61-52-53(62-56(59)50-47-44-41-38-35-31-24-21-18-15-12-9-6-3)51-60-54(57)48-45-42-39-36-33-30-23-20-17-14-11-8-5-2/h12,15,20-21,23-24,53H,4-11,13-14,16-19,22,25-52H2,1-3H3/b15-12-,23-20-,24-21-. The number of hydrogen-bond acceptors (Lipinski definition) is 6. The quantitative estimate of drug-likeness (QED) is 0.0262. The van der Waals surface area contributed by atoms with Crippen LogP contribution < -0.4 is 0 Å². The minimum Gasteiger partial charge on any atom is -0.462 e. The Hall–Kier alpha value is -2.37. The maximum Gasteiger partial charge on any atom is 0.306 e. The molecule has 0 saturated heterocycles. The Balaban J connectivity index is 4.33. The van der Waals surface area contributed by atoms with Crippen LogP contribution in [0.25, 0.3) is 0 Å². The molecule has 0 saturated carbocycles. The largest absolute Gasteiger partial charge is 0.462 e. The van der Waals surface area contributed by atoms with Gasteiger partial charge >= 0.3 is 17.9 Å². The number of ether oxygens (including phenoxy) is 3. The van der Waals surface area contributed by atoms with E-state index in [4.69, 9.17) is 14.2 Å². The van der Waals surface area contributed by atoms with E-state index in [-0.39, 0.29) is 31.1 Å². The van der Waals surface area contributed by atoms with Crippen LogP contribution in [0.1, 0.15) is 284 Å². The van der Waals surface area contributed by atoms with Crippen molar-refractivity contribution in [2.24, 2.45) is 0 Å². The Morgan fingerprint density at radius 3 is 0.984 bits per heavy atom. The van der Waals surface area contributed by atoms with E-state index < -0.39 is 6.10 Å². The Labute approximate surface area is 385 Å². The molecule has 0 amide bonds. The molecule has 1 atom stereocenters. The summed E-state index contributed by atoms with van der Waals surface area (Å²) < 4.78 is 16.8. The van der Waals surface area contributed by atoms with Crippen molar-refractivity contribution in [3.63, 3.8) is 0 Å². The van der Waals surface area contributed by atoms with Crippen LogP contribution >= 0.6 is 0 Å². The first-order chi connectivity index (χ1) is 30.5. The van der Waals surface area contributed by atoms with Gasteiger partial charge in [0.05, 0.1) is 0 Å². The molecule has 6 nitrogen and oxygen atoms in total. The Bertz CT molecular complexity index is 1050. The molecule has 0 aliphatic heterocycles. The molecule has 0 aromatic carbocycles. The van der Waals surface area contributed by atoms with Gasteiger partial charge in [-0.15, -0.1) is 0 Å². The third-order valence-corrected chi connectivity index (χ3v) is 11.8. The van der Waals surface area contributed by atoms with Crippen molar-refractivity contribution in [1.29, 1.82) is 0 Å². The maximum absolute atomic E-state index is 12.8. The molecule has 0 rings (SSSR count). The van der Waals surface area contributed by atoms with Crippen molar-refractivity contribution < 1.29 is 28.6 Å². The van der Waals surface area contributed by atoms with Crippen LogP contribution in [0.4, 0.5) is 0 Å². The lowest BCUT2D eigenvalue weighted by Gasteiger charge is -2.18. The van der Waals surface area contributed by atoms with Crippen LogP contribution in [-0.2, 0) is 28.6 Å². The van der Waals surface area contributed by atoms with Gasteiger partial charge in [-0.1, -0.05) is 231 Å². The molecule has 0 bridgehead atoms. The number of hydrogen-bond donors (Lipinski definition) is 0. The molecule has 0 heterocycles. The van der Waals surface area contributed by atoms with Gasteiger partial charge in [0.15, 0.2) is 6.10 Å².